The lowest BCUT2D eigenvalue weighted by atomic mass is 9.97. The number of rotatable bonds is 9. The van der Waals surface area contributed by atoms with E-state index in [9.17, 15) is 13.2 Å². The van der Waals surface area contributed by atoms with Crippen LogP contribution in [-0.2, 0) is 29.0 Å². The number of esters is 1. The summed E-state index contributed by atoms with van der Waals surface area (Å²) in [6.07, 6.45) is 1.44. The number of hydrogen-bond acceptors (Lipinski definition) is 6. The Morgan fingerprint density at radius 1 is 1.48 bits per heavy atom. The molecule has 2 atom stereocenters. The van der Waals surface area contributed by atoms with Crippen LogP contribution in [0.25, 0.3) is 0 Å². The van der Waals surface area contributed by atoms with E-state index in [1.165, 1.54) is 7.11 Å². The Bertz CT molecular complexity index is 405. The molecule has 1 fully saturated rings. The molecule has 1 N–H and O–H groups in total. The van der Waals surface area contributed by atoms with E-state index in [0.29, 0.717) is 13.2 Å². The Labute approximate surface area is 126 Å². The van der Waals surface area contributed by atoms with Crippen LogP contribution >= 0.6 is 0 Å². The highest BCUT2D eigenvalue weighted by molar-refractivity contribution is 7.89. The van der Waals surface area contributed by atoms with Crippen molar-refractivity contribution in [1.82, 2.24) is 4.72 Å². The molecule has 0 aromatic carbocycles. The second kappa shape index (κ2) is 9.34. The van der Waals surface area contributed by atoms with Gasteiger partial charge in [0.2, 0.25) is 10.0 Å². The quantitative estimate of drug-likeness (QED) is 0.614. The van der Waals surface area contributed by atoms with Gasteiger partial charge in [-0.2, -0.15) is 0 Å². The third-order valence-electron chi connectivity index (χ3n) is 3.36. The summed E-state index contributed by atoms with van der Waals surface area (Å²) in [6.45, 7) is 3.28. The van der Waals surface area contributed by atoms with Gasteiger partial charge in [0.25, 0.3) is 0 Å². The fourth-order valence-corrected chi connectivity index (χ4v) is 3.64. The molecule has 1 aliphatic rings. The Hall–Kier alpha value is -0.700. The first kappa shape index (κ1) is 18.3. The fraction of sp³-hybridized carbons (Fsp3) is 0.923. The number of carbonyl (C=O) groups excluding carboxylic acids is 1. The minimum absolute atomic E-state index is 0.0251. The van der Waals surface area contributed by atoms with Gasteiger partial charge >= 0.3 is 5.97 Å². The SMILES string of the molecule is CCOC(=O)CCNS(=O)(=O)CC(OC)C1CCCOC1. The highest BCUT2D eigenvalue weighted by Crippen LogP contribution is 2.20. The summed E-state index contributed by atoms with van der Waals surface area (Å²) in [5.74, 6) is -0.449. The molecule has 21 heavy (non-hydrogen) atoms. The predicted octanol–water partition coefficient (Wildman–Crippen LogP) is 0.301. The van der Waals surface area contributed by atoms with E-state index in [1.807, 2.05) is 0 Å². The molecule has 1 saturated heterocycles. The maximum atomic E-state index is 12.0. The van der Waals surface area contributed by atoms with E-state index in [2.05, 4.69) is 4.72 Å². The lowest BCUT2D eigenvalue weighted by Crippen LogP contribution is -2.40. The zero-order valence-electron chi connectivity index (χ0n) is 12.7. The highest BCUT2D eigenvalue weighted by atomic mass is 32.2. The van der Waals surface area contributed by atoms with Gasteiger partial charge in [-0.15, -0.1) is 0 Å². The Morgan fingerprint density at radius 3 is 2.81 bits per heavy atom. The maximum absolute atomic E-state index is 12.0. The van der Waals surface area contributed by atoms with Gasteiger partial charge in [-0.3, -0.25) is 4.79 Å². The average molecular weight is 323 g/mol. The Kier molecular flexibility index (Phi) is 8.16. The van der Waals surface area contributed by atoms with Crippen molar-refractivity contribution in [3.05, 3.63) is 0 Å². The molecule has 0 aromatic rings. The van der Waals surface area contributed by atoms with Crippen LogP contribution in [0.4, 0.5) is 0 Å². The normalized spacial score (nSPS) is 21.0. The molecule has 124 valence electrons. The number of methoxy groups -OCH3 is 1. The van der Waals surface area contributed by atoms with Crippen LogP contribution in [0.3, 0.4) is 0 Å². The first-order chi connectivity index (χ1) is 9.98. The highest BCUT2D eigenvalue weighted by Gasteiger charge is 2.28. The van der Waals surface area contributed by atoms with Crippen LogP contribution in [0, 0.1) is 5.92 Å². The summed E-state index contributed by atoms with van der Waals surface area (Å²) >= 11 is 0. The van der Waals surface area contributed by atoms with Crippen molar-refractivity contribution in [2.45, 2.75) is 32.3 Å². The van der Waals surface area contributed by atoms with Gasteiger partial charge in [0.15, 0.2) is 0 Å². The molecule has 1 rings (SSSR count). The predicted molar refractivity (Wildman–Crippen MR) is 77.4 cm³/mol. The number of carbonyl (C=O) groups is 1. The summed E-state index contributed by atoms with van der Waals surface area (Å²) in [5.41, 5.74) is 0. The molecular weight excluding hydrogens is 298 g/mol. The van der Waals surface area contributed by atoms with Gasteiger partial charge in [0, 0.05) is 26.2 Å². The minimum atomic E-state index is -3.49. The van der Waals surface area contributed by atoms with Crippen molar-refractivity contribution in [1.29, 1.82) is 0 Å². The number of ether oxygens (including phenoxy) is 3. The number of sulfonamides is 1. The van der Waals surface area contributed by atoms with Gasteiger partial charge in [-0.25, -0.2) is 13.1 Å². The van der Waals surface area contributed by atoms with Crippen LogP contribution < -0.4 is 4.72 Å². The molecule has 2 unspecified atom stereocenters. The smallest absolute Gasteiger partial charge is 0.307 e. The monoisotopic (exact) mass is 323 g/mol. The molecule has 0 saturated carbocycles. The lowest BCUT2D eigenvalue weighted by molar-refractivity contribution is -0.142. The summed E-state index contributed by atoms with van der Waals surface area (Å²) in [7, 11) is -1.98. The summed E-state index contributed by atoms with van der Waals surface area (Å²) < 4.78 is 41.8. The van der Waals surface area contributed by atoms with Gasteiger partial charge in [-0.1, -0.05) is 0 Å². The molecular formula is C13H25NO6S. The van der Waals surface area contributed by atoms with Crippen molar-refractivity contribution in [3.63, 3.8) is 0 Å². The molecule has 0 aliphatic carbocycles. The minimum Gasteiger partial charge on any atom is -0.466 e. The van der Waals surface area contributed by atoms with Crippen molar-refractivity contribution < 1.29 is 27.4 Å². The molecule has 7 nitrogen and oxygen atoms in total. The van der Waals surface area contributed by atoms with E-state index in [4.69, 9.17) is 14.2 Å². The topological polar surface area (TPSA) is 90.9 Å². The van der Waals surface area contributed by atoms with Crippen LogP contribution in [-0.4, -0.2) is 59.7 Å². The molecule has 0 radical (unpaired) electrons. The summed E-state index contributed by atoms with van der Waals surface area (Å²) in [5, 5.41) is 0. The first-order valence-electron chi connectivity index (χ1n) is 7.22. The van der Waals surface area contributed by atoms with E-state index in [-0.39, 0.29) is 24.6 Å². The van der Waals surface area contributed by atoms with Gasteiger partial charge in [0.05, 0.1) is 31.5 Å². The van der Waals surface area contributed by atoms with Crippen molar-refractivity contribution in [3.8, 4) is 0 Å². The lowest BCUT2D eigenvalue weighted by Gasteiger charge is -2.29. The van der Waals surface area contributed by atoms with Crippen molar-refractivity contribution >= 4 is 16.0 Å². The van der Waals surface area contributed by atoms with Crippen LogP contribution in [0.5, 0.6) is 0 Å². The van der Waals surface area contributed by atoms with Gasteiger partial charge in [-0.05, 0) is 19.8 Å². The van der Waals surface area contributed by atoms with Gasteiger partial charge in [0.1, 0.15) is 0 Å². The average Bonchev–Trinajstić information content (AvgIpc) is 2.46. The summed E-state index contributed by atoms with van der Waals surface area (Å²) in [4.78, 5) is 11.2. The van der Waals surface area contributed by atoms with Crippen molar-refractivity contribution in [2.24, 2.45) is 5.92 Å². The number of hydrogen-bond donors (Lipinski definition) is 1. The second-order valence-corrected chi connectivity index (χ2v) is 6.83. The maximum Gasteiger partial charge on any atom is 0.307 e. The fourth-order valence-electron chi connectivity index (χ4n) is 2.27. The van der Waals surface area contributed by atoms with E-state index < -0.39 is 22.1 Å². The van der Waals surface area contributed by atoms with E-state index >= 15 is 0 Å². The zero-order chi connectivity index (χ0) is 15.7. The van der Waals surface area contributed by atoms with Crippen LogP contribution in [0.1, 0.15) is 26.2 Å². The van der Waals surface area contributed by atoms with Crippen LogP contribution in [0.15, 0.2) is 0 Å². The molecule has 1 heterocycles. The molecule has 0 amide bonds. The van der Waals surface area contributed by atoms with Crippen LogP contribution in [0.2, 0.25) is 0 Å². The Balaban J connectivity index is 2.40. The third kappa shape index (κ3) is 7.21. The Morgan fingerprint density at radius 2 is 2.24 bits per heavy atom. The molecule has 0 aromatic heterocycles. The zero-order valence-corrected chi connectivity index (χ0v) is 13.5. The third-order valence-corrected chi connectivity index (χ3v) is 4.78. The first-order valence-corrected chi connectivity index (χ1v) is 8.87. The molecule has 0 spiro atoms. The van der Waals surface area contributed by atoms with E-state index in [1.54, 1.807) is 6.92 Å². The molecule has 8 heteroatoms. The largest absolute Gasteiger partial charge is 0.466 e. The summed E-state index contributed by atoms with van der Waals surface area (Å²) in [6, 6.07) is 0. The van der Waals surface area contributed by atoms with Crippen molar-refractivity contribution in [2.75, 3.05) is 39.2 Å². The number of nitrogens with one attached hydrogen (secondary N) is 1. The molecule has 1 aliphatic heterocycles. The second-order valence-electron chi connectivity index (χ2n) is 4.98. The molecule has 0 bridgehead atoms. The van der Waals surface area contributed by atoms with Gasteiger partial charge < -0.3 is 14.2 Å². The van der Waals surface area contributed by atoms with E-state index in [0.717, 1.165) is 19.4 Å². The standard InChI is InChI=1S/C13H25NO6S/c1-3-20-13(15)6-7-14-21(16,17)10-12(18-2)11-5-4-8-19-9-11/h11-12,14H,3-10H2,1-2H3.